The Morgan fingerprint density at radius 3 is 2.69 bits per heavy atom. The number of carbonyl (C=O) groups excluding carboxylic acids is 1. The average molecular weight is 405 g/mol. The molecule has 1 unspecified atom stereocenters. The van der Waals surface area contributed by atoms with Crippen LogP contribution in [0.3, 0.4) is 0 Å². The van der Waals surface area contributed by atoms with Crippen molar-refractivity contribution in [1.82, 2.24) is 20.1 Å². The van der Waals surface area contributed by atoms with Crippen molar-refractivity contribution in [3.8, 4) is 11.3 Å². The summed E-state index contributed by atoms with van der Waals surface area (Å²) in [4.78, 5) is 17.1. The van der Waals surface area contributed by atoms with Crippen molar-refractivity contribution in [1.29, 1.82) is 0 Å². The summed E-state index contributed by atoms with van der Waals surface area (Å²) in [7, 11) is 0. The molecule has 0 saturated carbocycles. The molecule has 4 aromatic rings. The maximum absolute atomic E-state index is 13.0. The molecule has 0 radical (unpaired) electrons. The summed E-state index contributed by atoms with van der Waals surface area (Å²) in [5.41, 5.74) is 3.65. The van der Waals surface area contributed by atoms with Gasteiger partial charge in [0.25, 0.3) is 0 Å². The van der Waals surface area contributed by atoms with E-state index in [2.05, 4.69) is 10.3 Å². The lowest BCUT2D eigenvalue weighted by Crippen LogP contribution is -2.32. The van der Waals surface area contributed by atoms with Gasteiger partial charge in [-0.05, 0) is 36.2 Å². The van der Waals surface area contributed by atoms with Crippen molar-refractivity contribution < 1.29 is 4.79 Å². The van der Waals surface area contributed by atoms with Crippen LogP contribution in [0.4, 0.5) is 0 Å². The minimum absolute atomic E-state index is 0.0738. The van der Waals surface area contributed by atoms with Gasteiger partial charge in [0.05, 0.1) is 5.52 Å². The highest BCUT2D eigenvalue weighted by molar-refractivity contribution is 6.31. The van der Waals surface area contributed by atoms with Crippen LogP contribution in [0.25, 0.3) is 22.2 Å². The molecule has 2 aromatic carbocycles. The molecule has 4 rings (SSSR count). The summed E-state index contributed by atoms with van der Waals surface area (Å²) < 4.78 is 1.81. The van der Waals surface area contributed by atoms with E-state index in [4.69, 9.17) is 16.7 Å². The number of pyridine rings is 1. The van der Waals surface area contributed by atoms with Gasteiger partial charge in [0.2, 0.25) is 5.91 Å². The van der Waals surface area contributed by atoms with Gasteiger partial charge in [0, 0.05) is 34.9 Å². The van der Waals surface area contributed by atoms with Crippen molar-refractivity contribution in [2.75, 3.05) is 0 Å². The lowest BCUT2D eigenvalue weighted by Gasteiger charge is -2.17. The van der Waals surface area contributed by atoms with Crippen LogP contribution >= 0.6 is 11.6 Å². The van der Waals surface area contributed by atoms with Crippen molar-refractivity contribution in [2.24, 2.45) is 0 Å². The van der Waals surface area contributed by atoms with Gasteiger partial charge in [0.15, 0.2) is 0 Å². The Hall–Kier alpha value is -3.18. The zero-order chi connectivity index (χ0) is 20.2. The van der Waals surface area contributed by atoms with E-state index in [9.17, 15) is 4.79 Å². The lowest BCUT2D eigenvalue weighted by molar-refractivity contribution is -0.124. The van der Waals surface area contributed by atoms with Gasteiger partial charge < -0.3 is 5.32 Å². The van der Waals surface area contributed by atoms with Gasteiger partial charge in [0.1, 0.15) is 11.7 Å². The molecule has 0 aliphatic carbocycles. The second-order valence-electron chi connectivity index (χ2n) is 6.82. The molecule has 6 heteroatoms. The highest BCUT2D eigenvalue weighted by Gasteiger charge is 2.23. The van der Waals surface area contributed by atoms with Crippen LogP contribution in [0.5, 0.6) is 0 Å². The number of amides is 1. The van der Waals surface area contributed by atoms with E-state index < -0.39 is 6.04 Å². The van der Waals surface area contributed by atoms with Crippen LogP contribution in [-0.4, -0.2) is 20.7 Å². The fourth-order valence-electron chi connectivity index (χ4n) is 3.44. The highest BCUT2D eigenvalue weighted by atomic mass is 35.5. The van der Waals surface area contributed by atoms with Gasteiger partial charge >= 0.3 is 0 Å². The average Bonchev–Trinajstić information content (AvgIpc) is 3.12. The minimum Gasteiger partial charge on any atom is -0.350 e. The van der Waals surface area contributed by atoms with E-state index in [1.165, 1.54) is 0 Å². The number of halogens is 1. The van der Waals surface area contributed by atoms with Crippen molar-refractivity contribution >= 4 is 28.4 Å². The van der Waals surface area contributed by atoms with E-state index in [1.54, 1.807) is 12.4 Å². The molecule has 1 N–H and O–H groups in total. The van der Waals surface area contributed by atoms with Gasteiger partial charge in [-0.15, -0.1) is 0 Å². The third-order valence-electron chi connectivity index (χ3n) is 4.89. The number of aromatic nitrogens is 3. The SMILES string of the molecule is CCC(C(=O)NCc1cccnc1)n1nc(-c2ccccc2)c2cc(Cl)ccc21. The fraction of sp³-hybridized carbons (Fsp3) is 0.174. The van der Waals surface area contributed by atoms with Gasteiger partial charge in [-0.3, -0.25) is 14.5 Å². The summed E-state index contributed by atoms with van der Waals surface area (Å²) in [6, 6.07) is 19.0. The molecule has 1 amide bonds. The molecule has 0 spiro atoms. The number of nitrogens with zero attached hydrogens (tertiary/aromatic N) is 3. The second kappa shape index (κ2) is 8.45. The Kier molecular flexibility index (Phi) is 5.58. The minimum atomic E-state index is -0.423. The molecule has 0 bridgehead atoms. The number of hydrogen-bond donors (Lipinski definition) is 1. The third-order valence-corrected chi connectivity index (χ3v) is 5.12. The largest absolute Gasteiger partial charge is 0.350 e. The summed E-state index contributed by atoms with van der Waals surface area (Å²) in [5.74, 6) is -0.0738. The molecule has 0 aliphatic rings. The maximum Gasteiger partial charge on any atom is 0.245 e. The molecular weight excluding hydrogens is 384 g/mol. The number of carbonyl (C=O) groups is 1. The molecule has 2 heterocycles. The van der Waals surface area contributed by atoms with Crippen molar-refractivity contribution in [2.45, 2.75) is 25.9 Å². The van der Waals surface area contributed by atoms with E-state index in [-0.39, 0.29) is 5.91 Å². The van der Waals surface area contributed by atoms with Crippen LogP contribution in [0.2, 0.25) is 5.02 Å². The first-order valence-corrected chi connectivity index (χ1v) is 9.95. The van der Waals surface area contributed by atoms with E-state index in [0.717, 1.165) is 27.7 Å². The number of benzene rings is 2. The number of fused-ring (bicyclic) bond motifs is 1. The molecule has 0 fully saturated rings. The predicted octanol–water partition coefficient (Wildman–Crippen LogP) is 5.02. The molecule has 146 valence electrons. The van der Waals surface area contributed by atoms with Gasteiger partial charge in [-0.1, -0.05) is 54.9 Å². The summed E-state index contributed by atoms with van der Waals surface area (Å²) in [6.45, 7) is 2.42. The zero-order valence-electron chi connectivity index (χ0n) is 16.0. The second-order valence-corrected chi connectivity index (χ2v) is 7.26. The topological polar surface area (TPSA) is 59.8 Å². The van der Waals surface area contributed by atoms with Crippen LogP contribution in [0, 0.1) is 0 Å². The van der Waals surface area contributed by atoms with Crippen molar-refractivity contribution in [3.63, 3.8) is 0 Å². The normalized spacial score (nSPS) is 12.1. The Morgan fingerprint density at radius 2 is 1.97 bits per heavy atom. The molecule has 1 atom stereocenters. The van der Waals surface area contributed by atoms with Gasteiger partial charge in [-0.2, -0.15) is 5.10 Å². The Morgan fingerprint density at radius 1 is 1.14 bits per heavy atom. The zero-order valence-corrected chi connectivity index (χ0v) is 16.8. The predicted molar refractivity (Wildman–Crippen MR) is 116 cm³/mol. The Balaban J connectivity index is 1.70. The molecule has 0 aliphatic heterocycles. The van der Waals surface area contributed by atoms with Crippen LogP contribution in [-0.2, 0) is 11.3 Å². The van der Waals surface area contributed by atoms with Crippen LogP contribution < -0.4 is 5.32 Å². The molecule has 29 heavy (non-hydrogen) atoms. The summed E-state index contributed by atoms with van der Waals surface area (Å²) >= 11 is 6.26. The summed E-state index contributed by atoms with van der Waals surface area (Å²) in [5, 5.41) is 9.42. The molecule has 5 nitrogen and oxygen atoms in total. The monoisotopic (exact) mass is 404 g/mol. The van der Waals surface area contributed by atoms with Crippen molar-refractivity contribution in [3.05, 3.63) is 83.6 Å². The summed E-state index contributed by atoms with van der Waals surface area (Å²) in [6.07, 6.45) is 4.08. The van der Waals surface area contributed by atoms with E-state index >= 15 is 0 Å². The smallest absolute Gasteiger partial charge is 0.245 e. The number of hydrogen-bond acceptors (Lipinski definition) is 3. The quantitative estimate of drug-likeness (QED) is 0.491. The third kappa shape index (κ3) is 4.00. The standard InChI is InChI=1S/C23H21ClN4O/c1-2-20(23(29)26-15-16-7-6-12-25-14-16)28-21-11-10-18(24)13-19(21)22(27-28)17-8-4-3-5-9-17/h3-14,20H,2,15H2,1H3,(H,26,29). The fourth-order valence-corrected chi connectivity index (χ4v) is 3.61. The highest BCUT2D eigenvalue weighted by Crippen LogP contribution is 2.32. The molecular formula is C23H21ClN4O. The maximum atomic E-state index is 13.0. The lowest BCUT2D eigenvalue weighted by atomic mass is 10.1. The van der Waals surface area contributed by atoms with Crippen LogP contribution in [0.15, 0.2) is 73.1 Å². The first-order chi connectivity index (χ1) is 14.2. The Labute approximate surface area is 174 Å². The van der Waals surface area contributed by atoms with E-state index in [1.807, 2.05) is 72.3 Å². The van der Waals surface area contributed by atoms with E-state index in [0.29, 0.717) is 18.0 Å². The first kappa shape index (κ1) is 19.2. The molecule has 0 saturated heterocycles. The van der Waals surface area contributed by atoms with Crippen LogP contribution in [0.1, 0.15) is 24.9 Å². The van der Waals surface area contributed by atoms with Gasteiger partial charge in [-0.25, -0.2) is 0 Å². The number of rotatable bonds is 6. The molecule has 2 aromatic heterocycles. The number of nitrogens with one attached hydrogen (secondary N) is 1. The Bertz CT molecular complexity index is 1130. The first-order valence-electron chi connectivity index (χ1n) is 9.57.